The van der Waals surface area contributed by atoms with Gasteiger partial charge in [0.2, 0.25) is 11.8 Å². The first kappa shape index (κ1) is 15.7. The molecule has 0 bridgehead atoms. The average molecular weight is 287 g/mol. The van der Waals surface area contributed by atoms with E-state index in [9.17, 15) is 9.59 Å². The Morgan fingerprint density at radius 1 is 1.53 bits per heavy atom. The van der Waals surface area contributed by atoms with Crippen LogP contribution < -0.4 is 11.1 Å². The van der Waals surface area contributed by atoms with Crippen LogP contribution in [0, 0.1) is 23.2 Å². The number of nitrogens with zero attached hydrogens (tertiary/aromatic N) is 2. The summed E-state index contributed by atoms with van der Waals surface area (Å²) >= 11 is 0. The molecule has 1 saturated carbocycles. The van der Waals surface area contributed by atoms with E-state index >= 15 is 0 Å². The number of nitrogens with one attached hydrogen (secondary N) is 1. The van der Waals surface area contributed by atoms with Crippen molar-refractivity contribution < 1.29 is 9.59 Å². The van der Waals surface area contributed by atoms with E-state index in [2.05, 4.69) is 11.4 Å². The lowest BCUT2D eigenvalue weighted by atomic mass is 10.1. The quantitative estimate of drug-likeness (QED) is 0.739. The van der Waals surface area contributed by atoms with Crippen LogP contribution in [-0.4, -0.2) is 42.4 Å². The van der Waals surface area contributed by atoms with Crippen molar-refractivity contribution in [2.45, 2.75) is 31.3 Å². The van der Waals surface area contributed by atoms with Crippen LogP contribution in [0.25, 0.3) is 0 Å². The van der Waals surface area contributed by atoms with Gasteiger partial charge in [0.25, 0.3) is 0 Å². The molecular weight excluding hydrogens is 268 g/mol. The maximum atomic E-state index is 12.2. The maximum absolute atomic E-state index is 12.2. The second-order valence-corrected chi connectivity index (χ2v) is 4.96. The summed E-state index contributed by atoms with van der Waals surface area (Å²) in [4.78, 5) is 25.1. The zero-order valence-corrected chi connectivity index (χ0v) is 11.7. The predicted octanol–water partition coefficient (Wildman–Crippen LogP) is -0.368. The van der Waals surface area contributed by atoms with Gasteiger partial charge >= 0.3 is 0 Å². The Labute approximate surface area is 118 Å². The Morgan fingerprint density at radius 2 is 2.21 bits per heavy atom. The lowest BCUT2D eigenvalue weighted by Crippen LogP contribution is -2.47. The first-order valence-corrected chi connectivity index (χ1v) is 6.27. The number of carbonyl (C=O) groups excluding carboxylic acids is 2. The van der Waals surface area contributed by atoms with E-state index < -0.39 is 6.04 Å². The van der Waals surface area contributed by atoms with Crippen LogP contribution in [0.2, 0.25) is 0 Å². The molecule has 0 aromatic heterocycles. The van der Waals surface area contributed by atoms with E-state index in [1.807, 2.05) is 0 Å². The zero-order chi connectivity index (χ0) is 13.3. The molecule has 106 valence electrons. The number of likely N-dealkylation sites (tertiary alicyclic amines) is 1. The first-order chi connectivity index (χ1) is 8.60. The smallest absolute Gasteiger partial charge is 0.240 e. The van der Waals surface area contributed by atoms with Gasteiger partial charge in [-0.3, -0.25) is 9.59 Å². The van der Waals surface area contributed by atoms with E-state index in [0.29, 0.717) is 13.0 Å². The number of nitrogens with two attached hydrogens (primary N) is 1. The lowest BCUT2D eigenvalue weighted by Gasteiger charge is -2.23. The molecule has 4 atom stereocenters. The Bertz CT molecular complexity index is 409. The van der Waals surface area contributed by atoms with Crippen LogP contribution in [0.3, 0.4) is 0 Å². The van der Waals surface area contributed by atoms with E-state index in [1.165, 1.54) is 0 Å². The molecule has 0 aromatic carbocycles. The highest BCUT2D eigenvalue weighted by Gasteiger charge is 2.50. The summed E-state index contributed by atoms with van der Waals surface area (Å²) in [6.45, 7) is 0.599. The minimum absolute atomic E-state index is 0. The van der Waals surface area contributed by atoms with Gasteiger partial charge in [0.15, 0.2) is 0 Å². The molecule has 1 heterocycles. The number of hydrogen-bond donors (Lipinski definition) is 2. The van der Waals surface area contributed by atoms with Crippen LogP contribution in [-0.2, 0) is 9.59 Å². The zero-order valence-electron chi connectivity index (χ0n) is 10.8. The van der Waals surface area contributed by atoms with Crippen LogP contribution in [0.15, 0.2) is 0 Å². The fourth-order valence-corrected chi connectivity index (χ4v) is 2.64. The Balaban J connectivity index is 0.00000180. The van der Waals surface area contributed by atoms with Gasteiger partial charge < -0.3 is 16.0 Å². The number of rotatable bonds is 3. The van der Waals surface area contributed by atoms with Crippen LogP contribution >= 0.6 is 12.4 Å². The largest absolute Gasteiger partial charge is 0.359 e. The third-order valence-corrected chi connectivity index (χ3v) is 3.85. The highest BCUT2D eigenvalue weighted by Crippen LogP contribution is 2.41. The van der Waals surface area contributed by atoms with Gasteiger partial charge in [-0.25, -0.2) is 0 Å². The Kier molecular flexibility index (Phi) is 5.15. The summed E-state index contributed by atoms with van der Waals surface area (Å²) in [5.74, 6) is -0.452. The summed E-state index contributed by atoms with van der Waals surface area (Å²) in [6.07, 6.45) is 2.23. The van der Waals surface area contributed by atoms with Crippen LogP contribution in [0.4, 0.5) is 0 Å². The molecule has 19 heavy (non-hydrogen) atoms. The molecule has 0 aromatic rings. The monoisotopic (exact) mass is 286 g/mol. The molecule has 0 spiro atoms. The molecule has 1 aliphatic carbocycles. The molecule has 0 radical (unpaired) electrons. The van der Waals surface area contributed by atoms with Gasteiger partial charge in [-0.2, -0.15) is 5.26 Å². The third-order valence-electron chi connectivity index (χ3n) is 3.85. The third kappa shape index (κ3) is 2.99. The number of hydrogen-bond acceptors (Lipinski definition) is 4. The molecule has 3 N–H and O–H groups in total. The molecule has 2 rings (SSSR count). The van der Waals surface area contributed by atoms with E-state index in [0.717, 1.165) is 12.8 Å². The van der Waals surface area contributed by atoms with Crippen LogP contribution in [0.1, 0.15) is 19.3 Å². The SMILES string of the molecule is CNC(=O)[C@H]1C[C@@H]1[C@H](N)C(=O)N1CCC[C@H]1C#N.Cl. The Hall–Kier alpha value is -1.32. The van der Waals surface area contributed by atoms with Gasteiger partial charge in [-0.15, -0.1) is 12.4 Å². The minimum atomic E-state index is -0.652. The first-order valence-electron chi connectivity index (χ1n) is 6.27. The normalized spacial score (nSPS) is 29.9. The molecule has 2 fully saturated rings. The highest BCUT2D eigenvalue weighted by molar-refractivity contribution is 5.87. The second kappa shape index (κ2) is 6.22. The van der Waals surface area contributed by atoms with Crippen molar-refractivity contribution in [1.82, 2.24) is 10.2 Å². The fraction of sp³-hybridized carbons (Fsp3) is 0.750. The van der Waals surface area contributed by atoms with Crippen molar-refractivity contribution in [3.63, 3.8) is 0 Å². The summed E-state index contributed by atoms with van der Waals surface area (Å²) in [6, 6.07) is 1.13. The summed E-state index contributed by atoms with van der Waals surface area (Å²) in [5, 5.41) is 11.5. The minimum Gasteiger partial charge on any atom is -0.359 e. The van der Waals surface area contributed by atoms with Crippen LogP contribution in [0.5, 0.6) is 0 Å². The number of amides is 2. The topological polar surface area (TPSA) is 99.2 Å². The Morgan fingerprint density at radius 3 is 2.79 bits per heavy atom. The fourth-order valence-electron chi connectivity index (χ4n) is 2.64. The summed E-state index contributed by atoms with van der Waals surface area (Å²) in [5.41, 5.74) is 5.92. The van der Waals surface area contributed by atoms with Crippen molar-refractivity contribution in [3.05, 3.63) is 0 Å². The summed E-state index contributed by atoms with van der Waals surface area (Å²) < 4.78 is 0. The van der Waals surface area contributed by atoms with Crippen molar-refractivity contribution in [3.8, 4) is 6.07 Å². The van der Waals surface area contributed by atoms with Crippen molar-refractivity contribution in [2.24, 2.45) is 17.6 Å². The standard InChI is InChI=1S/C12H18N4O2.ClH/c1-15-11(17)9-5-8(9)10(14)12(18)16-4-2-3-7(16)6-13;/h7-10H,2-5,14H2,1H3,(H,15,17);1H/t7-,8-,9-,10-;/m0./s1. The van der Waals surface area contributed by atoms with Gasteiger partial charge in [0.1, 0.15) is 6.04 Å². The van der Waals surface area contributed by atoms with E-state index in [1.54, 1.807) is 11.9 Å². The number of carbonyl (C=O) groups is 2. The van der Waals surface area contributed by atoms with Crippen molar-refractivity contribution >= 4 is 24.2 Å². The van der Waals surface area contributed by atoms with E-state index in [4.69, 9.17) is 11.0 Å². The molecule has 1 aliphatic heterocycles. The molecule has 6 nitrogen and oxygen atoms in total. The average Bonchev–Trinajstić information content (AvgIpc) is 3.05. The van der Waals surface area contributed by atoms with Gasteiger partial charge in [-0.1, -0.05) is 0 Å². The van der Waals surface area contributed by atoms with Gasteiger partial charge in [-0.05, 0) is 25.2 Å². The molecule has 7 heteroatoms. The van der Waals surface area contributed by atoms with Gasteiger partial charge in [0, 0.05) is 19.5 Å². The number of halogens is 1. The predicted molar refractivity (Wildman–Crippen MR) is 71.2 cm³/mol. The number of nitriles is 1. The van der Waals surface area contributed by atoms with Crippen molar-refractivity contribution in [1.29, 1.82) is 5.26 Å². The van der Waals surface area contributed by atoms with Gasteiger partial charge in [0.05, 0.1) is 12.1 Å². The second-order valence-electron chi connectivity index (χ2n) is 4.96. The van der Waals surface area contributed by atoms with E-state index in [-0.39, 0.29) is 42.1 Å². The highest BCUT2D eigenvalue weighted by atomic mass is 35.5. The lowest BCUT2D eigenvalue weighted by molar-refractivity contribution is -0.133. The maximum Gasteiger partial charge on any atom is 0.240 e. The molecule has 2 aliphatic rings. The summed E-state index contributed by atoms with van der Waals surface area (Å²) in [7, 11) is 1.58. The molecule has 2 amide bonds. The molecule has 1 saturated heterocycles. The molecular formula is C12H19ClN4O2. The van der Waals surface area contributed by atoms with Crippen molar-refractivity contribution in [2.75, 3.05) is 13.6 Å². The molecule has 0 unspecified atom stereocenters.